The molecule has 0 aliphatic rings. The Hall–Kier alpha value is -1.75. The van der Waals surface area contributed by atoms with E-state index in [0.717, 1.165) is 0 Å². The van der Waals surface area contributed by atoms with Crippen LogP contribution in [0.5, 0.6) is 0 Å². The van der Waals surface area contributed by atoms with Crippen LogP contribution < -0.4 is 16.8 Å². The molecule has 100 valence electrons. The van der Waals surface area contributed by atoms with Gasteiger partial charge in [-0.05, 0) is 30.5 Å². The van der Waals surface area contributed by atoms with E-state index in [-0.39, 0.29) is 12.5 Å². The number of anilines is 2. The first-order chi connectivity index (χ1) is 8.40. The van der Waals surface area contributed by atoms with Crippen LogP contribution in [0.4, 0.5) is 11.4 Å². The second-order valence-electron chi connectivity index (χ2n) is 4.84. The second-order valence-corrected chi connectivity index (χ2v) is 4.84. The number of hydrogen-bond donors (Lipinski definition) is 4. The van der Waals surface area contributed by atoms with Crippen LogP contribution in [-0.2, 0) is 0 Å². The lowest BCUT2D eigenvalue weighted by Gasteiger charge is -2.14. The minimum atomic E-state index is -0.538. The van der Waals surface area contributed by atoms with E-state index < -0.39 is 6.10 Å². The third kappa shape index (κ3) is 4.25. The molecule has 0 saturated heterocycles. The lowest BCUT2D eigenvalue weighted by molar-refractivity contribution is 0.0901. The van der Waals surface area contributed by atoms with E-state index in [9.17, 15) is 9.90 Å². The topological polar surface area (TPSA) is 101 Å². The van der Waals surface area contributed by atoms with Crippen LogP contribution in [0.3, 0.4) is 0 Å². The molecule has 0 bridgehead atoms. The fourth-order valence-corrected chi connectivity index (χ4v) is 1.72. The minimum Gasteiger partial charge on any atom is -0.399 e. The van der Waals surface area contributed by atoms with E-state index >= 15 is 0 Å². The molecule has 1 atom stereocenters. The van der Waals surface area contributed by atoms with Gasteiger partial charge in [0.05, 0.1) is 11.7 Å². The molecule has 1 amide bonds. The summed E-state index contributed by atoms with van der Waals surface area (Å²) in [6.07, 6.45) is 0.112. The zero-order chi connectivity index (χ0) is 13.7. The minimum absolute atomic E-state index is 0.223. The predicted octanol–water partition coefficient (Wildman–Crippen LogP) is 0.988. The summed E-state index contributed by atoms with van der Waals surface area (Å²) < 4.78 is 0. The van der Waals surface area contributed by atoms with Gasteiger partial charge in [0, 0.05) is 17.9 Å². The average Bonchev–Trinajstić information content (AvgIpc) is 2.25. The normalized spacial score (nSPS) is 12.4. The Bertz CT molecular complexity index is 419. The highest BCUT2D eigenvalue weighted by Gasteiger charge is 2.12. The molecule has 0 aromatic heterocycles. The highest BCUT2D eigenvalue weighted by Crippen LogP contribution is 2.15. The number of carbonyl (C=O) groups excluding carboxylic acids is 1. The third-order valence-corrected chi connectivity index (χ3v) is 2.56. The first-order valence-corrected chi connectivity index (χ1v) is 6.01. The van der Waals surface area contributed by atoms with Gasteiger partial charge in [-0.25, -0.2) is 0 Å². The van der Waals surface area contributed by atoms with Crippen molar-refractivity contribution in [2.45, 2.75) is 26.4 Å². The number of amides is 1. The molecule has 5 nitrogen and oxygen atoms in total. The first-order valence-electron chi connectivity index (χ1n) is 6.01. The number of hydrogen-bond acceptors (Lipinski definition) is 4. The smallest absolute Gasteiger partial charge is 0.253 e. The van der Waals surface area contributed by atoms with Crippen LogP contribution in [0, 0.1) is 5.92 Å². The number of nitrogens with two attached hydrogens (primary N) is 2. The number of nitrogen functional groups attached to an aromatic ring is 2. The maximum atomic E-state index is 11.8. The summed E-state index contributed by atoms with van der Waals surface area (Å²) in [6, 6.07) is 4.74. The molecular formula is C13H21N3O2. The summed E-state index contributed by atoms with van der Waals surface area (Å²) >= 11 is 0. The van der Waals surface area contributed by atoms with Crippen molar-refractivity contribution in [3.05, 3.63) is 23.8 Å². The number of aliphatic hydroxyl groups excluding tert-OH is 1. The summed E-state index contributed by atoms with van der Waals surface area (Å²) in [5.74, 6) is 0.0915. The lowest BCUT2D eigenvalue weighted by Crippen LogP contribution is -2.33. The van der Waals surface area contributed by atoms with Gasteiger partial charge in [-0.15, -0.1) is 0 Å². The molecule has 1 unspecified atom stereocenters. The molecule has 0 heterocycles. The summed E-state index contributed by atoms with van der Waals surface area (Å²) in [7, 11) is 0. The van der Waals surface area contributed by atoms with Crippen LogP contribution >= 0.6 is 0 Å². The fraction of sp³-hybridized carbons (Fsp3) is 0.462. The largest absolute Gasteiger partial charge is 0.399 e. The quantitative estimate of drug-likeness (QED) is 0.586. The number of nitrogens with one attached hydrogen (secondary N) is 1. The fourth-order valence-electron chi connectivity index (χ4n) is 1.72. The maximum absolute atomic E-state index is 11.8. The Balaban J connectivity index is 2.55. The highest BCUT2D eigenvalue weighted by molar-refractivity contribution is 5.99. The second kappa shape index (κ2) is 6.26. The SMILES string of the molecule is CC(C)CC(O)CNC(=O)c1ccc(N)cc1N. The molecule has 0 spiro atoms. The van der Waals surface area contributed by atoms with E-state index in [1.807, 2.05) is 13.8 Å². The molecule has 1 aromatic carbocycles. The van der Waals surface area contributed by atoms with Gasteiger partial charge in [0.15, 0.2) is 0 Å². The molecule has 0 radical (unpaired) electrons. The standard InChI is InChI=1S/C13H21N3O2/c1-8(2)5-10(17)7-16-13(18)11-4-3-9(14)6-12(11)15/h3-4,6,8,10,17H,5,7,14-15H2,1-2H3,(H,16,18). The summed E-state index contributed by atoms with van der Waals surface area (Å²) in [5.41, 5.74) is 12.5. The van der Waals surface area contributed by atoms with Crippen LogP contribution in [0.2, 0.25) is 0 Å². The van der Waals surface area contributed by atoms with Crippen LogP contribution in [0.1, 0.15) is 30.6 Å². The Labute approximate surface area is 107 Å². The van der Waals surface area contributed by atoms with Gasteiger partial charge in [-0.3, -0.25) is 4.79 Å². The van der Waals surface area contributed by atoms with Crippen LogP contribution in [0.25, 0.3) is 0 Å². The zero-order valence-electron chi connectivity index (χ0n) is 10.8. The Kier molecular flexibility index (Phi) is 4.97. The van der Waals surface area contributed by atoms with Crippen molar-refractivity contribution in [2.75, 3.05) is 18.0 Å². The van der Waals surface area contributed by atoms with Crippen LogP contribution in [-0.4, -0.2) is 23.7 Å². The van der Waals surface area contributed by atoms with Gasteiger partial charge in [0.25, 0.3) is 5.91 Å². The molecule has 5 heteroatoms. The summed E-state index contributed by atoms with van der Waals surface area (Å²) in [4.78, 5) is 11.8. The summed E-state index contributed by atoms with van der Waals surface area (Å²) in [5, 5.41) is 12.3. The van der Waals surface area contributed by atoms with E-state index in [2.05, 4.69) is 5.32 Å². The van der Waals surface area contributed by atoms with Crippen molar-refractivity contribution < 1.29 is 9.90 Å². The van der Waals surface area contributed by atoms with Crippen molar-refractivity contribution in [3.63, 3.8) is 0 Å². The predicted molar refractivity (Wildman–Crippen MR) is 73.1 cm³/mol. The van der Waals surface area contributed by atoms with Crippen molar-refractivity contribution >= 4 is 17.3 Å². The van der Waals surface area contributed by atoms with Gasteiger partial charge in [-0.2, -0.15) is 0 Å². The zero-order valence-corrected chi connectivity index (χ0v) is 10.8. The molecule has 0 saturated carbocycles. The number of carbonyl (C=O) groups is 1. The van der Waals surface area contributed by atoms with Gasteiger partial charge < -0.3 is 21.9 Å². The number of aliphatic hydroxyl groups is 1. The molecule has 0 fully saturated rings. The van der Waals surface area contributed by atoms with Crippen molar-refractivity contribution in [1.29, 1.82) is 0 Å². The van der Waals surface area contributed by atoms with Gasteiger partial charge in [0.2, 0.25) is 0 Å². The molecule has 0 aliphatic heterocycles. The molecule has 0 aliphatic carbocycles. The van der Waals surface area contributed by atoms with Crippen LogP contribution in [0.15, 0.2) is 18.2 Å². The van der Waals surface area contributed by atoms with Gasteiger partial charge in [0.1, 0.15) is 0 Å². The monoisotopic (exact) mass is 251 g/mol. The molecule has 1 aromatic rings. The van der Waals surface area contributed by atoms with Crippen molar-refractivity contribution in [1.82, 2.24) is 5.32 Å². The Morgan fingerprint density at radius 3 is 2.61 bits per heavy atom. The van der Waals surface area contributed by atoms with E-state index in [4.69, 9.17) is 11.5 Å². The highest BCUT2D eigenvalue weighted by atomic mass is 16.3. The maximum Gasteiger partial charge on any atom is 0.253 e. The van der Waals surface area contributed by atoms with E-state index in [1.54, 1.807) is 18.2 Å². The number of benzene rings is 1. The first kappa shape index (κ1) is 14.3. The average molecular weight is 251 g/mol. The lowest BCUT2D eigenvalue weighted by atomic mass is 10.1. The van der Waals surface area contributed by atoms with Crippen molar-refractivity contribution in [2.24, 2.45) is 5.92 Å². The molecular weight excluding hydrogens is 230 g/mol. The third-order valence-electron chi connectivity index (χ3n) is 2.56. The number of rotatable bonds is 5. The van der Waals surface area contributed by atoms with Gasteiger partial charge in [-0.1, -0.05) is 13.8 Å². The van der Waals surface area contributed by atoms with Crippen molar-refractivity contribution in [3.8, 4) is 0 Å². The Morgan fingerprint density at radius 1 is 1.39 bits per heavy atom. The molecule has 6 N–H and O–H groups in total. The Morgan fingerprint density at radius 2 is 2.06 bits per heavy atom. The van der Waals surface area contributed by atoms with E-state index in [0.29, 0.717) is 29.3 Å². The van der Waals surface area contributed by atoms with E-state index in [1.165, 1.54) is 0 Å². The van der Waals surface area contributed by atoms with Gasteiger partial charge >= 0.3 is 0 Å². The molecule has 18 heavy (non-hydrogen) atoms. The summed E-state index contributed by atoms with van der Waals surface area (Å²) in [6.45, 7) is 4.26. The molecule has 1 rings (SSSR count).